The Balaban J connectivity index is 1.68. The molecule has 160 valence electrons. The molecule has 1 aliphatic heterocycles. The number of thiophene rings is 1. The molecule has 1 fully saturated rings. The maximum atomic E-state index is 13.4. The van der Waals surface area contributed by atoms with Crippen molar-refractivity contribution in [1.29, 1.82) is 0 Å². The molecule has 1 aliphatic carbocycles. The Morgan fingerprint density at radius 2 is 1.80 bits per heavy atom. The van der Waals surface area contributed by atoms with Crippen LogP contribution in [0.15, 0.2) is 24.3 Å². The van der Waals surface area contributed by atoms with Crippen LogP contribution >= 0.6 is 22.9 Å². The number of halogens is 1. The van der Waals surface area contributed by atoms with Gasteiger partial charge in [-0.1, -0.05) is 32.4 Å². The van der Waals surface area contributed by atoms with Crippen LogP contribution in [0.5, 0.6) is 0 Å². The van der Waals surface area contributed by atoms with Crippen molar-refractivity contribution in [1.82, 2.24) is 4.90 Å². The maximum absolute atomic E-state index is 13.4. The Labute approximate surface area is 187 Å². The monoisotopic (exact) mass is 444 g/mol. The van der Waals surface area contributed by atoms with Crippen molar-refractivity contribution in [3.8, 4) is 0 Å². The molecule has 1 aromatic heterocycles. The Kier molecular flexibility index (Phi) is 5.95. The average molecular weight is 445 g/mol. The molecule has 2 aromatic rings. The van der Waals surface area contributed by atoms with Gasteiger partial charge in [0, 0.05) is 28.6 Å². The zero-order valence-corrected chi connectivity index (χ0v) is 19.5. The van der Waals surface area contributed by atoms with E-state index in [1.807, 2.05) is 4.90 Å². The number of benzene rings is 1. The second-order valence-corrected chi connectivity index (χ2v) is 11.0. The number of nitrogens with zero attached hydrogens (tertiary/aromatic N) is 1. The van der Waals surface area contributed by atoms with Crippen molar-refractivity contribution >= 4 is 39.8 Å². The normalized spacial score (nSPS) is 18.9. The number of rotatable bonds is 3. The van der Waals surface area contributed by atoms with Crippen LogP contribution in [0.25, 0.3) is 0 Å². The number of carbonyl (C=O) groups excluding carboxylic acids is 2. The van der Waals surface area contributed by atoms with Crippen molar-refractivity contribution < 1.29 is 9.59 Å². The van der Waals surface area contributed by atoms with Crippen LogP contribution in [0.1, 0.15) is 71.2 Å². The summed E-state index contributed by atoms with van der Waals surface area (Å²) in [5, 5.41) is 4.34. The Morgan fingerprint density at radius 3 is 2.43 bits per heavy atom. The predicted molar refractivity (Wildman–Crippen MR) is 124 cm³/mol. The van der Waals surface area contributed by atoms with Gasteiger partial charge in [-0.05, 0) is 73.3 Å². The summed E-state index contributed by atoms with van der Waals surface area (Å²) in [6.07, 6.45) is 5.06. The third-order valence-corrected chi connectivity index (χ3v) is 7.85. The number of anilines is 1. The fourth-order valence-corrected chi connectivity index (χ4v) is 5.93. The zero-order chi connectivity index (χ0) is 21.5. The molecule has 2 amide bonds. The maximum Gasteiger partial charge on any atom is 0.257 e. The van der Waals surface area contributed by atoms with Crippen molar-refractivity contribution in [3.05, 3.63) is 50.9 Å². The molecule has 0 spiro atoms. The van der Waals surface area contributed by atoms with Crippen molar-refractivity contribution in [2.24, 2.45) is 11.3 Å². The summed E-state index contributed by atoms with van der Waals surface area (Å²) >= 11 is 7.54. The largest absolute Gasteiger partial charge is 0.339 e. The van der Waals surface area contributed by atoms with Crippen LogP contribution in [0.3, 0.4) is 0 Å². The van der Waals surface area contributed by atoms with E-state index in [2.05, 4.69) is 26.1 Å². The molecule has 2 heterocycles. The van der Waals surface area contributed by atoms with Gasteiger partial charge in [0.25, 0.3) is 11.8 Å². The van der Waals surface area contributed by atoms with Crippen molar-refractivity contribution in [2.75, 3.05) is 18.4 Å². The van der Waals surface area contributed by atoms with Crippen molar-refractivity contribution in [2.45, 2.75) is 52.9 Å². The first-order valence-corrected chi connectivity index (χ1v) is 11.9. The van der Waals surface area contributed by atoms with Crippen molar-refractivity contribution in [3.63, 3.8) is 0 Å². The third-order valence-electron chi connectivity index (χ3n) is 6.43. The summed E-state index contributed by atoms with van der Waals surface area (Å²) in [5.74, 6) is 0.455. The highest BCUT2D eigenvalue weighted by Gasteiger charge is 2.35. The molecule has 1 N–H and O–H groups in total. The smallest absolute Gasteiger partial charge is 0.257 e. The molecule has 30 heavy (non-hydrogen) atoms. The third kappa shape index (κ3) is 4.28. The molecular weight excluding hydrogens is 416 g/mol. The van der Waals surface area contributed by atoms with Crippen LogP contribution in [0.4, 0.5) is 5.00 Å². The van der Waals surface area contributed by atoms with Gasteiger partial charge in [0.2, 0.25) is 0 Å². The molecule has 2 aliphatic rings. The van der Waals surface area contributed by atoms with E-state index >= 15 is 0 Å². The number of hydrogen-bond acceptors (Lipinski definition) is 3. The molecule has 0 saturated carbocycles. The van der Waals surface area contributed by atoms with E-state index in [0.29, 0.717) is 21.5 Å². The average Bonchev–Trinajstić information content (AvgIpc) is 3.34. The summed E-state index contributed by atoms with van der Waals surface area (Å²) in [4.78, 5) is 29.5. The van der Waals surface area contributed by atoms with E-state index in [0.717, 1.165) is 56.3 Å². The minimum Gasteiger partial charge on any atom is -0.339 e. The van der Waals surface area contributed by atoms with Gasteiger partial charge in [0.05, 0.1) is 5.56 Å². The summed E-state index contributed by atoms with van der Waals surface area (Å²) in [5.41, 5.74) is 2.65. The quantitative estimate of drug-likeness (QED) is 0.627. The lowest BCUT2D eigenvalue weighted by molar-refractivity contribution is 0.0792. The van der Waals surface area contributed by atoms with E-state index in [1.54, 1.807) is 35.6 Å². The highest BCUT2D eigenvalue weighted by Crippen LogP contribution is 2.45. The van der Waals surface area contributed by atoms with Gasteiger partial charge < -0.3 is 10.2 Å². The van der Waals surface area contributed by atoms with Gasteiger partial charge in [0.15, 0.2) is 0 Å². The SMILES string of the molecule is CC(C)(C)[C@H]1CCc2c(sc(NC(=O)c3ccc(Cl)cc3)c2C(=O)N2CCCC2)C1. The molecule has 4 nitrogen and oxygen atoms in total. The summed E-state index contributed by atoms with van der Waals surface area (Å²) in [7, 11) is 0. The minimum atomic E-state index is -0.201. The minimum absolute atomic E-state index is 0.0746. The van der Waals surface area contributed by atoms with Gasteiger partial charge in [-0.2, -0.15) is 0 Å². The Bertz CT molecular complexity index is 953. The first-order valence-electron chi connectivity index (χ1n) is 10.7. The molecule has 1 saturated heterocycles. The Morgan fingerprint density at radius 1 is 1.13 bits per heavy atom. The summed E-state index contributed by atoms with van der Waals surface area (Å²) < 4.78 is 0. The van der Waals surface area contributed by atoms with Gasteiger partial charge in [0.1, 0.15) is 5.00 Å². The van der Waals surface area contributed by atoms with Gasteiger partial charge >= 0.3 is 0 Å². The van der Waals surface area contributed by atoms with Crippen LogP contribution in [0.2, 0.25) is 5.02 Å². The van der Waals surface area contributed by atoms with Crippen LogP contribution in [0, 0.1) is 11.3 Å². The predicted octanol–water partition coefficient (Wildman–Crippen LogP) is 6.04. The molecular formula is C24H29ClN2O2S. The molecule has 4 rings (SSSR count). The van der Waals surface area contributed by atoms with E-state index in [4.69, 9.17) is 11.6 Å². The molecule has 0 radical (unpaired) electrons. The van der Waals surface area contributed by atoms with Crippen LogP contribution in [-0.2, 0) is 12.8 Å². The topological polar surface area (TPSA) is 49.4 Å². The molecule has 1 aromatic carbocycles. The molecule has 0 unspecified atom stereocenters. The van der Waals surface area contributed by atoms with E-state index < -0.39 is 0 Å². The van der Waals surface area contributed by atoms with Crippen LogP contribution < -0.4 is 5.32 Å². The zero-order valence-electron chi connectivity index (χ0n) is 17.9. The van der Waals surface area contributed by atoms with E-state index in [9.17, 15) is 9.59 Å². The molecule has 6 heteroatoms. The lowest BCUT2D eigenvalue weighted by Gasteiger charge is -2.34. The molecule has 1 atom stereocenters. The Hall–Kier alpha value is -1.85. The lowest BCUT2D eigenvalue weighted by atomic mass is 9.72. The standard InChI is InChI=1S/C24H29ClN2O2S/c1-24(2,3)16-8-11-18-19(14-16)30-22(20(18)23(29)27-12-4-5-13-27)26-21(28)15-6-9-17(25)10-7-15/h6-7,9-10,16H,4-5,8,11-14H2,1-3H3,(H,26,28)/t16-/m0/s1. The van der Waals surface area contributed by atoms with E-state index in [-0.39, 0.29) is 17.2 Å². The molecule has 0 bridgehead atoms. The highest BCUT2D eigenvalue weighted by atomic mass is 35.5. The van der Waals surface area contributed by atoms with Gasteiger partial charge in [-0.25, -0.2) is 0 Å². The second-order valence-electron chi connectivity index (χ2n) is 9.47. The van der Waals surface area contributed by atoms with Gasteiger partial charge in [-0.3, -0.25) is 9.59 Å². The summed E-state index contributed by atoms with van der Waals surface area (Å²) in [6, 6.07) is 6.84. The number of hydrogen-bond donors (Lipinski definition) is 1. The summed E-state index contributed by atoms with van der Waals surface area (Å²) in [6.45, 7) is 8.47. The number of amides is 2. The number of likely N-dealkylation sites (tertiary alicyclic amines) is 1. The van der Waals surface area contributed by atoms with Crippen LogP contribution in [-0.4, -0.2) is 29.8 Å². The number of fused-ring (bicyclic) bond motifs is 1. The number of carbonyl (C=O) groups is 2. The van der Waals surface area contributed by atoms with E-state index in [1.165, 1.54) is 4.88 Å². The fraction of sp³-hybridized carbons (Fsp3) is 0.500. The highest BCUT2D eigenvalue weighted by molar-refractivity contribution is 7.17. The van der Waals surface area contributed by atoms with Gasteiger partial charge in [-0.15, -0.1) is 11.3 Å². The first kappa shape index (κ1) is 21.4. The lowest BCUT2D eigenvalue weighted by Crippen LogP contribution is -2.30. The first-order chi connectivity index (χ1) is 14.2. The fourth-order valence-electron chi connectivity index (χ4n) is 4.49. The number of nitrogens with one attached hydrogen (secondary N) is 1. The second kappa shape index (κ2) is 8.35.